The first-order valence-corrected chi connectivity index (χ1v) is 9.64. The Morgan fingerprint density at radius 3 is 2.47 bits per heavy atom. The monoisotopic (exact) mass is 455 g/mol. The number of carbonyl (C=O) groups excluding carboxylic acids is 2. The third-order valence-corrected chi connectivity index (χ3v) is 5.07. The average molecular weight is 456 g/mol. The smallest absolute Gasteiger partial charge is 0.290 e. The number of aromatic nitrogens is 3. The molecule has 0 saturated heterocycles. The second-order valence-electron chi connectivity index (χ2n) is 6.79. The van der Waals surface area contributed by atoms with E-state index in [1.165, 1.54) is 32.2 Å². The summed E-state index contributed by atoms with van der Waals surface area (Å²) in [6.07, 6.45) is 0. The fourth-order valence-electron chi connectivity index (χ4n) is 3.24. The lowest BCUT2D eigenvalue weighted by molar-refractivity contribution is 0.0843. The molecule has 0 aliphatic heterocycles. The van der Waals surface area contributed by atoms with Crippen molar-refractivity contribution < 1.29 is 18.5 Å². The van der Waals surface area contributed by atoms with Gasteiger partial charge in [0.1, 0.15) is 22.8 Å². The molecule has 2 aromatic carbocycles. The fraction of sp³-hybridized carbons (Fsp3) is 0.0952. The maximum Gasteiger partial charge on any atom is 0.290 e. The van der Waals surface area contributed by atoms with E-state index in [4.69, 9.17) is 16.1 Å². The third-order valence-electron chi connectivity index (χ3n) is 4.75. The minimum absolute atomic E-state index is 0.0391. The summed E-state index contributed by atoms with van der Waals surface area (Å²) in [4.78, 5) is 37.7. The summed E-state index contributed by atoms with van der Waals surface area (Å²) in [6, 6.07) is 10.5. The van der Waals surface area contributed by atoms with Crippen molar-refractivity contribution in [1.82, 2.24) is 25.8 Å². The lowest BCUT2D eigenvalue weighted by Crippen LogP contribution is -2.43. The molecule has 162 valence electrons. The first-order valence-electron chi connectivity index (χ1n) is 9.27. The van der Waals surface area contributed by atoms with Crippen LogP contribution < -0.4 is 16.4 Å². The number of hydrogen-bond acceptors (Lipinski definition) is 6. The Bertz CT molecular complexity index is 1430. The van der Waals surface area contributed by atoms with Crippen LogP contribution in [0.3, 0.4) is 0 Å². The van der Waals surface area contributed by atoms with Gasteiger partial charge < -0.3 is 4.52 Å². The van der Waals surface area contributed by atoms with Crippen LogP contribution in [-0.4, -0.2) is 26.8 Å². The normalized spacial score (nSPS) is 10.9. The second-order valence-corrected chi connectivity index (χ2v) is 7.20. The molecule has 9 nitrogen and oxygen atoms in total. The fourth-order valence-corrected chi connectivity index (χ4v) is 3.49. The minimum Gasteiger partial charge on any atom is -0.360 e. The summed E-state index contributed by atoms with van der Waals surface area (Å²) < 4.78 is 20.4. The van der Waals surface area contributed by atoms with Crippen LogP contribution in [0.5, 0.6) is 0 Å². The lowest BCUT2D eigenvalue weighted by atomic mass is 10.1. The number of nitrogens with one attached hydrogen (secondary N) is 2. The highest BCUT2D eigenvalue weighted by Crippen LogP contribution is 2.33. The molecule has 0 radical (unpaired) electrons. The molecule has 11 heteroatoms. The van der Waals surface area contributed by atoms with Gasteiger partial charge in [-0.1, -0.05) is 41.0 Å². The summed E-state index contributed by atoms with van der Waals surface area (Å²) in [6.45, 7) is 1.46. The molecule has 0 aliphatic rings. The van der Waals surface area contributed by atoms with Crippen LogP contribution in [0.1, 0.15) is 26.6 Å². The molecule has 0 fully saturated rings. The molecule has 0 saturated carbocycles. The zero-order chi connectivity index (χ0) is 23.0. The topological polar surface area (TPSA) is 119 Å². The number of hydrazine groups is 1. The Balaban J connectivity index is 1.63. The summed E-state index contributed by atoms with van der Waals surface area (Å²) in [7, 11) is 1.41. The maximum absolute atomic E-state index is 14.3. The van der Waals surface area contributed by atoms with E-state index in [1.807, 2.05) is 0 Å². The Hall–Kier alpha value is -4.05. The summed E-state index contributed by atoms with van der Waals surface area (Å²) in [5.41, 5.74) is 3.74. The molecule has 32 heavy (non-hydrogen) atoms. The van der Waals surface area contributed by atoms with E-state index < -0.39 is 17.6 Å². The standard InChI is InChI=1S/C21H15ClFN5O4/c1-10-15(18(27-32-10)16-13(22)8-5-9-14(16)23)19(29)24-25-20(30)17-11-6-3-4-7-12(11)21(31)28(2)26-17/h3-9H,1-2H3,(H,24,29)(H,25,30). The molecular weight excluding hydrogens is 441 g/mol. The van der Waals surface area contributed by atoms with E-state index in [2.05, 4.69) is 21.1 Å². The molecule has 4 aromatic rings. The number of amides is 2. The summed E-state index contributed by atoms with van der Waals surface area (Å²) in [5, 5.41) is 8.40. The molecule has 2 heterocycles. The van der Waals surface area contributed by atoms with Gasteiger partial charge in [-0.25, -0.2) is 9.07 Å². The van der Waals surface area contributed by atoms with Gasteiger partial charge in [0, 0.05) is 12.4 Å². The van der Waals surface area contributed by atoms with Crippen molar-refractivity contribution in [2.24, 2.45) is 7.05 Å². The molecule has 0 atom stereocenters. The summed E-state index contributed by atoms with van der Waals surface area (Å²) >= 11 is 6.08. The van der Waals surface area contributed by atoms with Crippen LogP contribution in [0.4, 0.5) is 4.39 Å². The zero-order valence-electron chi connectivity index (χ0n) is 16.8. The zero-order valence-corrected chi connectivity index (χ0v) is 17.5. The molecule has 0 spiro atoms. The first-order chi connectivity index (χ1) is 15.3. The van der Waals surface area contributed by atoms with E-state index in [9.17, 15) is 18.8 Å². The van der Waals surface area contributed by atoms with Crippen molar-refractivity contribution in [3.05, 3.63) is 80.7 Å². The molecular formula is C21H15ClFN5O4. The maximum atomic E-state index is 14.3. The van der Waals surface area contributed by atoms with Crippen molar-refractivity contribution >= 4 is 34.2 Å². The van der Waals surface area contributed by atoms with Crippen molar-refractivity contribution in [1.29, 1.82) is 0 Å². The van der Waals surface area contributed by atoms with Crippen molar-refractivity contribution in [2.45, 2.75) is 6.92 Å². The molecule has 0 aliphatic carbocycles. The van der Waals surface area contributed by atoms with Crippen LogP contribution in [-0.2, 0) is 7.05 Å². The molecule has 2 amide bonds. The van der Waals surface area contributed by atoms with Gasteiger partial charge >= 0.3 is 0 Å². The summed E-state index contributed by atoms with van der Waals surface area (Å²) in [5.74, 6) is -2.16. The van der Waals surface area contributed by atoms with Gasteiger partial charge in [0.05, 0.1) is 16.0 Å². The number of halogens is 2. The van der Waals surface area contributed by atoms with E-state index in [1.54, 1.807) is 24.3 Å². The van der Waals surface area contributed by atoms with Crippen LogP contribution >= 0.6 is 11.6 Å². The van der Waals surface area contributed by atoms with Crippen LogP contribution in [0.25, 0.3) is 22.0 Å². The lowest BCUT2D eigenvalue weighted by Gasteiger charge is -2.10. The molecule has 2 aromatic heterocycles. The highest BCUT2D eigenvalue weighted by atomic mass is 35.5. The highest BCUT2D eigenvalue weighted by molar-refractivity contribution is 6.33. The van der Waals surface area contributed by atoms with Gasteiger partial charge in [-0.05, 0) is 25.1 Å². The Morgan fingerprint density at radius 1 is 1.06 bits per heavy atom. The van der Waals surface area contributed by atoms with Gasteiger partial charge in [-0.3, -0.25) is 25.2 Å². The largest absolute Gasteiger partial charge is 0.360 e. The number of rotatable bonds is 3. The second kappa shape index (κ2) is 8.23. The number of aryl methyl sites for hydroxylation is 2. The quantitative estimate of drug-likeness (QED) is 0.458. The third kappa shape index (κ3) is 3.60. The predicted molar refractivity (Wildman–Crippen MR) is 114 cm³/mol. The SMILES string of the molecule is Cc1onc(-c2c(F)cccc2Cl)c1C(=O)NNC(=O)c1nn(C)c(=O)c2ccccc12. The molecule has 4 rings (SSSR count). The van der Waals surface area contributed by atoms with Gasteiger partial charge in [0.25, 0.3) is 17.4 Å². The van der Waals surface area contributed by atoms with Gasteiger partial charge in [0.2, 0.25) is 0 Å². The highest BCUT2D eigenvalue weighted by Gasteiger charge is 2.26. The molecule has 0 bridgehead atoms. The van der Waals surface area contributed by atoms with Gasteiger partial charge in [-0.2, -0.15) is 5.10 Å². The average Bonchev–Trinajstić information content (AvgIpc) is 3.15. The van der Waals surface area contributed by atoms with Crippen LogP contribution in [0.15, 0.2) is 51.8 Å². The van der Waals surface area contributed by atoms with E-state index in [0.29, 0.717) is 10.8 Å². The van der Waals surface area contributed by atoms with Gasteiger partial charge in [-0.15, -0.1) is 0 Å². The number of fused-ring (bicyclic) bond motifs is 1. The predicted octanol–water partition coefficient (Wildman–Crippen LogP) is 2.76. The molecule has 0 unspecified atom stereocenters. The Kier molecular flexibility index (Phi) is 5.45. The number of nitrogens with zero attached hydrogens (tertiary/aromatic N) is 3. The van der Waals surface area contributed by atoms with Crippen molar-refractivity contribution in [3.63, 3.8) is 0 Å². The first kappa shape index (κ1) is 21.2. The van der Waals surface area contributed by atoms with Crippen LogP contribution in [0.2, 0.25) is 5.02 Å². The van der Waals surface area contributed by atoms with Gasteiger partial charge in [0.15, 0.2) is 5.69 Å². The van der Waals surface area contributed by atoms with Crippen LogP contribution in [0, 0.1) is 12.7 Å². The Labute approximate surface area is 184 Å². The van der Waals surface area contributed by atoms with Crippen molar-refractivity contribution in [2.75, 3.05) is 0 Å². The van der Waals surface area contributed by atoms with E-state index in [-0.39, 0.29) is 38.9 Å². The molecule has 2 N–H and O–H groups in total. The number of carbonyl (C=O) groups is 2. The van der Waals surface area contributed by atoms with Crippen molar-refractivity contribution in [3.8, 4) is 11.3 Å². The van der Waals surface area contributed by atoms with E-state index in [0.717, 1.165) is 4.68 Å². The number of hydrogen-bond donors (Lipinski definition) is 2. The Morgan fingerprint density at radius 2 is 1.75 bits per heavy atom. The number of benzene rings is 2. The minimum atomic E-state index is -0.805. The van der Waals surface area contributed by atoms with E-state index >= 15 is 0 Å².